The Bertz CT molecular complexity index is 238. The van der Waals surface area contributed by atoms with Gasteiger partial charge in [-0.25, -0.2) is 0 Å². The molecule has 2 nitrogen and oxygen atoms in total. The molecule has 0 bridgehead atoms. The number of nitrogens with zero attached hydrogens (tertiary/aromatic N) is 1. The summed E-state index contributed by atoms with van der Waals surface area (Å²) in [6.45, 7) is 3.52. The third-order valence-electron chi connectivity index (χ3n) is 1.06. The average molecular weight is 118 g/mol. The molecule has 0 aliphatic carbocycles. The van der Waals surface area contributed by atoms with E-state index in [0.29, 0.717) is 5.57 Å². The van der Waals surface area contributed by atoms with Crippen LogP contribution in [-0.2, 0) is 0 Å². The lowest BCUT2D eigenvalue weighted by Gasteiger charge is -1.85. The second kappa shape index (κ2) is 2.19. The first-order chi connectivity index (χ1) is 4.34. The van der Waals surface area contributed by atoms with E-state index < -0.39 is 0 Å². The van der Waals surface area contributed by atoms with Gasteiger partial charge in [-0.05, 0) is 12.1 Å². The zero-order valence-corrected chi connectivity index (χ0v) is 4.89. The number of allylic oxidation sites excluding steroid dienone is 1. The minimum Gasteiger partial charge on any atom is -0.361 e. The van der Waals surface area contributed by atoms with E-state index in [1.54, 1.807) is 6.20 Å². The maximum atomic E-state index is 8.34. The molecule has 44 valence electrons. The summed E-state index contributed by atoms with van der Waals surface area (Å²) in [6, 6.07) is 5.58. The number of nitriles is 1. The summed E-state index contributed by atoms with van der Waals surface area (Å²) in [7, 11) is 0. The van der Waals surface area contributed by atoms with Crippen molar-refractivity contribution in [3.63, 3.8) is 0 Å². The van der Waals surface area contributed by atoms with Crippen molar-refractivity contribution < 1.29 is 0 Å². The van der Waals surface area contributed by atoms with Crippen LogP contribution in [0.4, 0.5) is 0 Å². The molecule has 1 rings (SSSR count). The van der Waals surface area contributed by atoms with E-state index in [1.807, 2.05) is 18.2 Å². The van der Waals surface area contributed by atoms with Crippen molar-refractivity contribution in [3.05, 3.63) is 30.6 Å². The van der Waals surface area contributed by atoms with Crippen LogP contribution >= 0.6 is 0 Å². The van der Waals surface area contributed by atoms with Crippen LogP contribution in [0.1, 0.15) is 5.69 Å². The second-order valence-corrected chi connectivity index (χ2v) is 1.67. The van der Waals surface area contributed by atoms with Gasteiger partial charge in [0.25, 0.3) is 0 Å². The molecular weight excluding hydrogens is 112 g/mol. The number of nitrogens with one attached hydrogen (secondary N) is 1. The van der Waals surface area contributed by atoms with Crippen molar-refractivity contribution in [2.75, 3.05) is 0 Å². The summed E-state index contributed by atoms with van der Waals surface area (Å²) in [4.78, 5) is 2.87. The average Bonchev–Trinajstić information content (AvgIpc) is 2.37. The Morgan fingerprint density at radius 3 is 3.00 bits per heavy atom. The van der Waals surface area contributed by atoms with Crippen LogP contribution in [0.15, 0.2) is 24.9 Å². The van der Waals surface area contributed by atoms with Gasteiger partial charge in [-0.2, -0.15) is 5.26 Å². The van der Waals surface area contributed by atoms with Gasteiger partial charge in [-0.15, -0.1) is 0 Å². The molecule has 0 amide bonds. The monoisotopic (exact) mass is 118 g/mol. The van der Waals surface area contributed by atoms with Crippen LogP contribution in [0.5, 0.6) is 0 Å². The number of hydrogen-bond donors (Lipinski definition) is 1. The standard InChI is InChI=1S/C7H6N2/c1-6(5-8)7-3-2-4-9-7/h2-4,9H,1H2. The minimum absolute atomic E-state index is 0.472. The van der Waals surface area contributed by atoms with E-state index >= 15 is 0 Å². The molecule has 0 atom stereocenters. The molecular formula is C7H6N2. The highest BCUT2D eigenvalue weighted by molar-refractivity contribution is 5.72. The fraction of sp³-hybridized carbons (Fsp3) is 0. The van der Waals surface area contributed by atoms with Crippen molar-refractivity contribution in [2.45, 2.75) is 0 Å². The molecule has 1 aromatic heterocycles. The quantitative estimate of drug-likeness (QED) is 0.558. The Morgan fingerprint density at radius 2 is 2.56 bits per heavy atom. The third-order valence-corrected chi connectivity index (χ3v) is 1.06. The Kier molecular flexibility index (Phi) is 1.37. The van der Waals surface area contributed by atoms with Gasteiger partial charge in [0.15, 0.2) is 0 Å². The maximum absolute atomic E-state index is 8.34. The highest BCUT2D eigenvalue weighted by atomic mass is 14.7. The molecule has 0 fully saturated rings. The second-order valence-electron chi connectivity index (χ2n) is 1.67. The van der Waals surface area contributed by atoms with E-state index in [9.17, 15) is 0 Å². The molecule has 0 spiro atoms. The Hall–Kier alpha value is -1.49. The molecule has 1 N–H and O–H groups in total. The molecule has 0 aliphatic heterocycles. The van der Waals surface area contributed by atoms with Crippen LogP contribution in [-0.4, -0.2) is 4.98 Å². The van der Waals surface area contributed by atoms with Crippen LogP contribution < -0.4 is 0 Å². The Morgan fingerprint density at radius 1 is 1.78 bits per heavy atom. The molecule has 1 heterocycles. The van der Waals surface area contributed by atoms with E-state index in [4.69, 9.17) is 5.26 Å². The molecule has 0 saturated heterocycles. The Balaban J connectivity index is 2.93. The van der Waals surface area contributed by atoms with Gasteiger partial charge in [-0.1, -0.05) is 6.58 Å². The van der Waals surface area contributed by atoms with Crippen LogP contribution in [0.25, 0.3) is 5.57 Å². The number of hydrogen-bond acceptors (Lipinski definition) is 1. The van der Waals surface area contributed by atoms with E-state index in [1.165, 1.54) is 0 Å². The summed E-state index contributed by atoms with van der Waals surface area (Å²) < 4.78 is 0. The maximum Gasteiger partial charge on any atom is 0.101 e. The van der Waals surface area contributed by atoms with Crippen LogP contribution in [0.2, 0.25) is 0 Å². The van der Waals surface area contributed by atoms with Crippen molar-refractivity contribution in [3.8, 4) is 6.07 Å². The first-order valence-corrected chi connectivity index (χ1v) is 2.57. The van der Waals surface area contributed by atoms with Gasteiger partial charge in [0.1, 0.15) is 6.07 Å². The normalized spacial score (nSPS) is 8.33. The first-order valence-electron chi connectivity index (χ1n) is 2.57. The molecule has 2 heteroatoms. The van der Waals surface area contributed by atoms with Crippen molar-refractivity contribution in [2.24, 2.45) is 0 Å². The highest BCUT2D eigenvalue weighted by Gasteiger charge is 1.93. The SMILES string of the molecule is C=C(C#N)c1ccc[nH]1. The van der Waals surface area contributed by atoms with E-state index in [2.05, 4.69) is 11.6 Å². The van der Waals surface area contributed by atoms with Gasteiger partial charge in [0, 0.05) is 6.20 Å². The summed E-state index contributed by atoms with van der Waals surface area (Å²) in [5.74, 6) is 0. The zero-order chi connectivity index (χ0) is 6.69. The summed E-state index contributed by atoms with van der Waals surface area (Å²) in [5, 5.41) is 8.34. The first kappa shape index (κ1) is 5.64. The molecule has 0 aromatic carbocycles. The van der Waals surface area contributed by atoms with Gasteiger partial charge in [0.2, 0.25) is 0 Å². The topological polar surface area (TPSA) is 39.6 Å². The van der Waals surface area contributed by atoms with Crippen molar-refractivity contribution >= 4 is 5.57 Å². The fourth-order valence-electron chi connectivity index (χ4n) is 0.578. The number of aromatic nitrogens is 1. The van der Waals surface area contributed by atoms with Gasteiger partial charge in [-0.3, -0.25) is 0 Å². The largest absolute Gasteiger partial charge is 0.361 e. The Labute approximate surface area is 53.4 Å². The predicted octanol–water partition coefficient (Wildman–Crippen LogP) is 1.55. The van der Waals surface area contributed by atoms with Gasteiger partial charge < -0.3 is 4.98 Å². The van der Waals surface area contributed by atoms with Crippen LogP contribution in [0.3, 0.4) is 0 Å². The molecule has 1 aromatic rings. The van der Waals surface area contributed by atoms with Crippen molar-refractivity contribution in [1.82, 2.24) is 4.98 Å². The molecule has 0 unspecified atom stereocenters. The minimum atomic E-state index is 0.472. The lowest BCUT2D eigenvalue weighted by Crippen LogP contribution is -1.75. The van der Waals surface area contributed by atoms with Gasteiger partial charge >= 0.3 is 0 Å². The third kappa shape index (κ3) is 1.000. The molecule has 0 saturated carbocycles. The molecule has 0 aliphatic rings. The smallest absolute Gasteiger partial charge is 0.101 e. The van der Waals surface area contributed by atoms with Crippen molar-refractivity contribution in [1.29, 1.82) is 5.26 Å². The lowest BCUT2D eigenvalue weighted by atomic mass is 10.2. The van der Waals surface area contributed by atoms with Crippen LogP contribution in [0, 0.1) is 11.3 Å². The highest BCUT2D eigenvalue weighted by Crippen LogP contribution is 2.05. The molecule has 9 heavy (non-hydrogen) atoms. The van der Waals surface area contributed by atoms with E-state index in [-0.39, 0.29) is 0 Å². The molecule has 0 radical (unpaired) electrons. The summed E-state index contributed by atoms with van der Waals surface area (Å²) in [5.41, 5.74) is 1.26. The number of aromatic amines is 1. The summed E-state index contributed by atoms with van der Waals surface area (Å²) >= 11 is 0. The van der Waals surface area contributed by atoms with E-state index in [0.717, 1.165) is 5.69 Å². The summed E-state index contributed by atoms with van der Waals surface area (Å²) in [6.07, 6.45) is 1.76. The number of H-pyrrole nitrogens is 1. The predicted molar refractivity (Wildman–Crippen MR) is 35.4 cm³/mol. The fourth-order valence-corrected chi connectivity index (χ4v) is 0.578. The number of rotatable bonds is 1. The zero-order valence-electron chi connectivity index (χ0n) is 4.89. The van der Waals surface area contributed by atoms with Gasteiger partial charge in [0.05, 0.1) is 11.3 Å². The lowest BCUT2D eigenvalue weighted by molar-refractivity contribution is 1.36.